The van der Waals surface area contributed by atoms with Gasteiger partial charge < -0.3 is 15.3 Å². The Kier molecular flexibility index (Phi) is 5.86. The maximum atomic E-state index is 9.22. The molecule has 1 fully saturated rings. The molecule has 0 spiro atoms. The van der Waals surface area contributed by atoms with Gasteiger partial charge in [-0.2, -0.15) is 0 Å². The predicted molar refractivity (Wildman–Crippen MR) is 85.2 cm³/mol. The molecule has 2 N–H and O–H groups in total. The lowest BCUT2D eigenvalue weighted by Gasteiger charge is -2.25. The quantitative estimate of drug-likeness (QED) is 0.728. The Bertz CT molecular complexity index is 415. The van der Waals surface area contributed by atoms with Crippen LogP contribution in [0.2, 0.25) is 0 Å². The molecular weight excluding hydrogens is 248 g/mol. The molecule has 0 bridgehead atoms. The van der Waals surface area contributed by atoms with Gasteiger partial charge in [0.2, 0.25) is 0 Å². The number of aliphatic hydroxyl groups is 1. The second kappa shape index (κ2) is 7.65. The van der Waals surface area contributed by atoms with Crippen LogP contribution in [0.1, 0.15) is 43.7 Å². The van der Waals surface area contributed by atoms with Gasteiger partial charge in [0.25, 0.3) is 0 Å². The lowest BCUT2D eigenvalue weighted by Crippen LogP contribution is -2.27. The maximum Gasteiger partial charge on any atom is 0.0606 e. The molecule has 20 heavy (non-hydrogen) atoms. The Morgan fingerprint density at radius 3 is 2.70 bits per heavy atom. The fourth-order valence-corrected chi connectivity index (χ4v) is 2.46. The van der Waals surface area contributed by atoms with Crippen molar-refractivity contribution in [1.29, 1.82) is 0 Å². The first kappa shape index (κ1) is 15.3. The third-order valence-corrected chi connectivity index (χ3v) is 4.00. The Morgan fingerprint density at radius 2 is 2.10 bits per heavy atom. The van der Waals surface area contributed by atoms with Gasteiger partial charge in [0, 0.05) is 31.4 Å². The van der Waals surface area contributed by atoms with E-state index in [-0.39, 0.29) is 6.61 Å². The van der Waals surface area contributed by atoms with E-state index in [1.165, 1.54) is 42.5 Å². The summed E-state index contributed by atoms with van der Waals surface area (Å²) in [6.45, 7) is 7.33. The van der Waals surface area contributed by atoms with Crippen LogP contribution >= 0.6 is 0 Å². The van der Waals surface area contributed by atoms with Gasteiger partial charge in [0.15, 0.2) is 0 Å². The minimum absolute atomic E-state index is 0.216. The van der Waals surface area contributed by atoms with Gasteiger partial charge in [0.05, 0.1) is 6.61 Å². The third kappa shape index (κ3) is 4.50. The first-order valence-corrected chi connectivity index (χ1v) is 7.93. The van der Waals surface area contributed by atoms with Crippen molar-refractivity contribution >= 4 is 5.69 Å². The average molecular weight is 276 g/mol. The van der Waals surface area contributed by atoms with Crippen LogP contribution in [-0.2, 0) is 6.54 Å². The average Bonchev–Trinajstić information content (AvgIpc) is 3.26. The smallest absolute Gasteiger partial charge is 0.0606 e. The van der Waals surface area contributed by atoms with Crippen molar-refractivity contribution in [3.63, 3.8) is 0 Å². The molecular formula is C17H28N2O. The van der Waals surface area contributed by atoms with Gasteiger partial charge in [-0.25, -0.2) is 0 Å². The fourth-order valence-electron chi connectivity index (χ4n) is 2.46. The molecule has 1 saturated carbocycles. The highest BCUT2D eigenvalue weighted by atomic mass is 16.3. The summed E-state index contributed by atoms with van der Waals surface area (Å²) in [6.07, 6.45) is 5.02. The van der Waals surface area contributed by atoms with Crippen molar-refractivity contribution in [3.8, 4) is 0 Å². The van der Waals surface area contributed by atoms with E-state index in [1.807, 2.05) is 0 Å². The van der Waals surface area contributed by atoms with Crippen molar-refractivity contribution < 1.29 is 5.11 Å². The molecule has 0 heterocycles. The van der Waals surface area contributed by atoms with Crippen molar-refractivity contribution in [2.45, 2.75) is 52.1 Å². The second-order valence-electron chi connectivity index (χ2n) is 5.83. The molecule has 0 aliphatic heterocycles. The zero-order valence-corrected chi connectivity index (χ0v) is 12.9. The fraction of sp³-hybridized carbons (Fsp3) is 0.647. The number of hydrogen-bond donors (Lipinski definition) is 2. The lowest BCUT2D eigenvalue weighted by molar-refractivity contribution is 0.301. The van der Waals surface area contributed by atoms with Gasteiger partial charge >= 0.3 is 0 Å². The number of aryl methyl sites for hydroxylation is 1. The van der Waals surface area contributed by atoms with E-state index in [9.17, 15) is 5.11 Å². The van der Waals surface area contributed by atoms with E-state index >= 15 is 0 Å². The number of nitrogens with zero attached hydrogens (tertiary/aromatic N) is 1. The maximum absolute atomic E-state index is 9.22. The van der Waals surface area contributed by atoms with Crippen molar-refractivity contribution in [2.24, 2.45) is 0 Å². The number of unbranched alkanes of at least 4 members (excludes halogenated alkanes) is 1. The van der Waals surface area contributed by atoms with Crippen LogP contribution in [0.5, 0.6) is 0 Å². The number of hydrogen-bond acceptors (Lipinski definition) is 3. The Balaban J connectivity index is 2.00. The van der Waals surface area contributed by atoms with Crippen LogP contribution in [0.25, 0.3) is 0 Å². The van der Waals surface area contributed by atoms with Crippen LogP contribution in [-0.4, -0.2) is 30.8 Å². The van der Waals surface area contributed by atoms with Crippen LogP contribution in [0.15, 0.2) is 18.2 Å². The lowest BCUT2D eigenvalue weighted by atomic mass is 10.1. The van der Waals surface area contributed by atoms with E-state index in [4.69, 9.17) is 0 Å². The highest BCUT2D eigenvalue weighted by Gasteiger charge is 2.20. The number of anilines is 1. The first-order chi connectivity index (χ1) is 9.74. The molecule has 0 amide bonds. The van der Waals surface area contributed by atoms with Crippen LogP contribution in [0, 0.1) is 6.92 Å². The Morgan fingerprint density at radius 1 is 1.30 bits per heavy atom. The van der Waals surface area contributed by atoms with Crippen molar-refractivity contribution in [1.82, 2.24) is 5.32 Å². The van der Waals surface area contributed by atoms with E-state index in [2.05, 4.69) is 42.3 Å². The molecule has 3 nitrogen and oxygen atoms in total. The summed E-state index contributed by atoms with van der Waals surface area (Å²) >= 11 is 0. The van der Waals surface area contributed by atoms with Crippen LogP contribution in [0.4, 0.5) is 5.69 Å². The molecule has 0 unspecified atom stereocenters. The van der Waals surface area contributed by atoms with E-state index < -0.39 is 0 Å². The zero-order valence-electron chi connectivity index (χ0n) is 12.9. The summed E-state index contributed by atoms with van der Waals surface area (Å²) in [5.74, 6) is 0. The van der Waals surface area contributed by atoms with E-state index in [1.54, 1.807) is 0 Å². The zero-order chi connectivity index (χ0) is 14.4. The van der Waals surface area contributed by atoms with Gasteiger partial charge in [-0.3, -0.25) is 0 Å². The minimum atomic E-state index is 0.216. The summed E-state index contributed by atoms with van der Waals surface area (Å²) in [5, 5.41) is 12.8. The monoisotopic (exact) mass is 276 g/mol. The summed E-state index contributed by atoms with van der Waals surface area (Å²) < 4.78 is 0. The van der Waals surface area contributed by atoms with Gasteiger partial charge in [0.1, 0.15) is 0 Å². The summed E-state index contributed by atoms with van der Waals surface area (Å²) in [7, 11) is 0. The normalized spacial score (nSPS) is 14.6. The molecule has 112 valence electrons. The second-order valence-corrected chi connectivity index (χ2v) is 5.83. The van der Waals surface area contributed by atoms with E-state index in [0.717, 1.165) is 25.7 Å². The van der Waals surface area contributed by atoms with Crippen LogP contribution in [0.3, 0.4) is 0 Å². The first-order valence-electron chi connectivity index (χ1n) is 7.93. The highest BCUT2D eigenvalue weighted by molar-refractivity contribution is 5.50. The standard InChI is InChI=1S/C17H28N2O/c1-3-4-9-19(10-11-20)17-8-5-15(14(2)12-17)13-18-16-6-7-16/h5,8,12,16,18,20H,3-4,6-7,9-11,13H2,1-2H3. The van der Waals surface area contributed by atoms with Gasteiger partial charge in [-0.15, -0.1) is 0 Å². The summed E-state index contributed by atoms with van der Waals surface area (Å²) in [6, 6.07) is 7.44. The Labute approximate surface area is 123 Å². The van der Waals surface area contributed by atoms with Crippen molar-refractivity contribution in [3.05, 3.63) is 29.3 Å². The topological polar surface area (TPSA) is 35.5 Å². The third-order valence-electron chi connectivity index (χ3n) is 4.00. The van der Waals surface area contributed by atoms with E-state index in [0.29, 0.717) is 0 Å². The number of aliphatic hydroxyl groups excluding tert-OH is 1. The predicted octanol–water partition coefficient (Wildman–Crippen LogP) is 2.85. The molecule has 2 rings (SSSR count). The minimum Gasteiger partial charge on any atom is -0.395 e. The number of benzene rings is 1. The van der Waals surface area contributed by atoms with Gasteiger partial charge in [-0.1, -0.05) is 19.4 Å². The largest absolute Gasteiger partial charge is 0.395 e. The molecule has 1 aliphatic carbocycles. The molecule has 0 saturated heterocycles. The van der Waals surface area contributed by atoms with Gasteiger partial charge in [-0.05, 0) is 49.4 Å². The van der Waals surface area contributed by atoms with Crippen LogP contribution < -0.4 is 10.2 Å². The molecule has 1 aromatic carbocycles. The Hall–Kier alpha value is -1.06. The highest BCUT2D eigenvalue weighted by Crippen LogP contribution is 2.22. The summed E-state index contributed by atoms with van der Waals surface area (Å²) in [5.41, 5.74) is 3.97. The molecule has 1 aliphatic rings. The van der Waals surface area contributed by atoms with Crippen molar-refractivity contribution in [2.75, 3.05) is 24.6 Å². The molecule has 0 aromatic heterocycles. The SMILES string of the molecule is CCCCN(CCO)c1ccc(CNC2CC2)c(C)c1. The number of nitrogens with one attached hydrogen (secondary N) is 1. The molecule has 0 radical (unpaired) electrons. The number of rotatable bonds is 9. The molecule has 1 aromatic rings. The molecule has 3 heteroatoms. The molecule has 0 atom stereocenters. The summed E-state index contributed by atoms with van der Waals surface area (Å²) in [4.78, 5) is 2.29.